The Labute approximate surface area is 182 Å². The second-order valence-electron chi connectivity index (χ2n) is 8.23. The summed E-state index contributed by atoms with van der Waals surface area (Å²) in [4.78, 5) is 37.5. The fourth-order valence-electron chi connectivity index (χ4n) is 4.18. The van der Waals surface area contributed by atoms with Crippen molar-refractivity contribution >= 4 is 22.9 Å². The van der Waals surface area contributed by atoms with Crippen LogP contribution in [0.2, 0.25) is 0 Å². The second-order valence-corrected chi connectivity index (χ2v) is 8.23. The maximum absolute atomic E-state index is 13.2. The fraction of sp³-hybridized carbons (Fsp3) is 0.545. The van der Waals surface area contributed by atoms with E-state index in [1.807, 2.05) is 30.2 Å². The lowest BCUT2D eigenvalue weighted by molar-refractivity contribution is -0.133. The summed E-state index contributed by atoms with van der Waals surface area (Å²) in [5.74, 6) is 2.70. The van der Waals surface area contributed by atoms with E-state index in [-0.39, 0.29) is 11.9 Å². The highest BCUT2D eigenvalue weighted by molar-refractivity contribution is 5.90. The first-order chi connectivity index (χ1) is 15.0. The molecule has 0 saturated carbocycles. The Morgan fingerprint density at radius 1 is 1.23 bits per heavy atom. The lowest BCUT2D eigenvalue weighted by atomic mass is 9.99. The van der Waals surface area contributed by atoms with Crippen LogP contribution in [0.3, 0.4) is 0 Å². The van der Waals surface area contributed by atoms with Crippen LogP contribution in [0.4, 0.5) is 5.82 Å². The third-order valence-electron chi connectivity index (χ3n) is 5.87. The van der Waals surface area contributed by atoms with Crippen molar-refractivity contribution in [2.75, 3.05) is 18.4 Å². The minimum absolute atomic E-state index is 0.128. The summed E-state index contributed by atoms with van der Waals surface area (Å²) in [5.41, 5.74) is 2.20. The smallest absolute Gasteiger partial charge is 0.245 e. The van der Waals surface area contributed by atoms with Gasteiger partial charge in [0.05, 0.1) is 5.56 Å². The largest absolute Gasteiger partial charge is 0.356 e. The first-order valence-corrected chi connectivity index (χ1v) is 11.1. The van der Waals surface area contributed by atoms with Crippen LogP contribution in [0.25, 0.3) is 22.6 Å². The number of hydrogen-bond donors (Lipinski definition) is 1. The molecule has 9 nitrogen and oxygen atoms in total. The number of imidazole rings is 1. The molecule has 1 aliphatic rings. The quantitative estimate of drug-likeness (QED) is 0.651. The molecular formula is C22H30N8O. The van der Waals surface area contributed by atoms with Gasteiger partial charge in [-0.2, -0.15) is 0 Å². The molecule has 3 aromatic heterocycles. The number of aromatic nitrogens is 6. The van der Waals surface area contributed by atoms with Gasteiger partial charge in [0.15, 0.2) is 17.0 Å². The lowest BCUT2D eigenvalue weighted by Crippen LogP contribution is -2.47. The zero-order chi connectivity index (χ0) is 22.0. The van der Waals surface area contributed by atoms with Crippen molar-refractivity contribution in [1.82, 2.24) is 34.4 Å². The Balaban J connectivity index is 1.67. The van der Waals surface area contributed by atoms with Crippen molar-refractivity contribution in [1.29, 1.82) is 0 Å². The molecule has 1 fully saturated rings. The van der Waals surface area contributed by atoms with Gasteiger partial charge in [0.2, 0.25) is 5.91 Å². The number of hydrogen-bond acceptors (Lipinski definition) is 7. The molecule has 1 aliphatic heterocycles. The monoisotopic (exact) mass is 422 g/mol. The van der Waals surface area contributed by atoms with Crippen molar-refractivity contribution < 1.29 is 4.79 Å². The van der Waals surface area contributed by atoms with Crippen LogP contribution >= 0.6 is 0 Å². The van der Waals surface area contributed by atoms with Gasteiger partial charge in [-0.1, -0.05) is 13.8 Å². The van der Waals surface area contributed by atoms with Gasteiger partial charge in [-0.3, -0.25) is 4.79 Å². The van der Waals surface area contributed by atoms with Gasteiger partial charge in [0, 0.05) is 32.0 Å². The zero-order valence-electron chi connectivity index (χ0n) is 18.7. The molecule has 0 unspecified atom stereocenters. The predicted molar refractivity (Wildman–Crippen MR) is 119 cm³/mol. The van der Waals surface area contributed by atoms with Crippen LogP contribution in [-0.2, 0) is 11.3 Å². The molecule has 164 valence electrons. The Bertz CT molecular complexity index is 1060. The van der Waals surface area contributed by atoms with Crippen LogP contribution in [0.5, 0.6) is 0 Å². The van der Waals surface area contributed by atoms with E-state index in [0.29, 0.717) is 36.0 Å². The van der Waals surface area contributed by atoms with Crippen molar-refractivity contribution in [2.45, 2.75) is 59.5 Å². The Hall–Kier alpha value is -3.10. The molecule has 0 aromatic carbocycles. The first kappa shape index (κ1) is 21.1. The summed E-state index contributed by atoms with van der Waals surface area (Å²) >= 11 is 0. The maximum atomic E-state index is 13.2. The molecule has 2 atom stereocenters. The summed E-state index contributed by atoms with van der Waals surface area (Å²) in [5, 5.41) is 3.36. The molecule has 31 heavy (non-hydrogen) atoms. The Morgan fingerprint density at radius 2 is 2.00 bits per heavy atom. The molecule has 1 N–H and O–H groups in total. The number of likely N-dealkylation sites (tertiary alicyclic amines) is 1. The average Bonchev–Trinajstić information content (AvgIpc) is 3.17. The van der Waals surface area contributed by atoms with Gasteiger partial charge in [-0.15, -0.1) is 0 Å². The van der Waals surface area contributed by atoms with Gasteiger partial charge in [-0.05, 0) is 39.0 Å². The zero-order valence-corrected chi connectivity index (χ0v) is 18.7. The number of nitrogens with zero attached hydrogens (tertiary/aromatic N) is 7. The van der Waals surface area contributed by atoms with Gasteiger partial charge in [-0.25, -0.2) is 24.9 Å². The van der Waals surface area contributed by atoms with E-state index in [1.54, 1.807) is 12.4 Å². The van der Waals surface area contributed by atoms with E-state index in [4.69, 9.17) is 4.98 Å². The van der Waals surface area contributed by atoms with E-state index >= 15 is 0 Å². The van der Waals surface area contributed by atoms with Crippen molar-refractivity contribution in [3.63, 3.8) is 0 Å². The summed E-state index contributed by atoms with van der Waals surface area (Å²) in [6, 6.07) is -0.346. The standard InChI is InChI=1S/C22H30N8O/c1-5-17(22(31)29-9-7-8-14(3)12-29)27-19-18-21(26-13-25-19)30(6-2)20(28-18)16-10-23-15(4)24-11-16/h10-11,13-14,17H,5-9,12H2,1-4H3,(H,25,26,27)/t14-,17+/m1/s1. The molecular weight excluding hydrogens is 392 g/mol. The molecule has 0 radical (unpaired) electrons. The van der Waals surface area contributed by atoms with Crippen molar-refractivity contribution in [3.8, 4) is 11.4 Å². The SMILES string of the molecule is CC[C@H](Nc1ncnc2c1nc(-c1cnc(C)nc1)n2CC)C(=O)N1CCC[C@@H](C)C1. The second kappa shape index (κ2) is 8.95. The molecule has 0 aliphatic carbocycles. The maximum Gasteiger partial charge on any atom is 0.245 e. The van der Waals surface area contributed by atoms with E-state index in [0.717, 1.165) is 36.5 Å². The summed E-state index contributed by atoms with van der Waals surface area (Å²) in [6.07, 6.45) is 7.97. The minimum Gasteiger partial charge on any atom is -0.356 e. The summed E-state index contributed by atoms with van der Waals surface area (Å²) < 4.78 is 2.02. The third kappa shape index (κ3) is 4.22. The number of aryl methyl sites for hydroxylation is 2. The molecule has 4 rings (SSSR count). The fourth-order valence-corrected chi connectivity index (χ4v) is 4.18. The topological polar surface area (TPSA) is 102 Å². The molecule has 0 spiro atoms. The van der Waals surface area contributed by atoms with Crippen LogP contribution in [-0.4, -0.2) is 59.4 Å². The Morgan fingerprint density at radius 3 is 2.68 bits per heavy atom. The van der Waals surface area contributed by atoms with Gasteiger partial charge in [0.1, 0.15) is 24.0 Å². The number of carbonyl (C=O) groups is 1. The average molecular weight is 423 g/mol. The number of fused-ring (bicyclic) bond motifs is 1. The minimum atomic E-state index is -0.346. The molecule has 9 heteroatoms. The van der Waals surface area contributed by atoms with Crippen LogP contribution in [0.15, 0.2) is 18.7 Å². The van der Waals surface area contributed by atoms with E-state index in [9.17, 15) is 4.79 Å². The van der Waals surface area contributed by atoms with Gasteiger partial charge in [0.25, 0.3) is 0 Å². The van der Waals surface area contributed by atoms with E-state index in [1.165, 1.54) is 12.7 Å². The highest BCUT2D eigenvalue weighted by Gasteiger charge is 2.28. The Kier molecular flexibility index (Phi) is 6.11. The van der Waals surface area contributed by atoms with Crippen LogP contribution in [0.1, 0.15) is 45.9 Å². The summed E-state index contributed by atoms with van der Waals surface area (Å²) in [7, 11) is 0. The third-order valence-corrected chi connectivity index (χ3v) is 5.87. The van der Waals surface area contributed by atoms with Crippen LogP contribution in [0, 0.1) is 12.8 Å². The van der Waals surface area contributed by atoms with Crippen molar-refractivity contribution in [3.05, 3.63) is 24.5 Å². The number of anilines is 1. The molecule has 4 heterocycles. The molecule has 1 saturated heterocycles. The highest BCUT2D eigenvalue weighted by Crippen LogP contribution is 2.27. The van der Waals surface area contributed by atoms with E-state index < -0.39 is 0 Å². The molecule has 0 bridgehead atoms. The first-order valence-electron chi connectivity index (χ1n) is 11.1. The summed E-state index contributed by atoms with van der Waals surface area (Å²) in [6.45, 7) is 10.4. The highest BCUT2D eigenvalue weighted by atomic mass is 16.2. The molecule has 3 aromatic rings. The normalized spacial score (nSPS) is 17.7. The number of amides is 1. The van der Waals surface area contributed by atoms with Gasteiger partial charge >= 0.3 is 0 Å². The lowest BCUT2D eigenvalue weighted by Gasteiger charge is -2.33. The van der Waals surface area contributed by atoms with Gasteiger partial charge < -0.3 is 14.8 Å². The van der Waals surface area contributed by atoms with Crippen LogP contribution < -0.4 is 5.32 Å². The number of piperidine rings is 1. The number of carbonyl (C=O) groups excluding carboxylic acids is 1. The number of nitrogens with one attached hydrogen (secondary N) is 1. The van der Waals surface area contributed by atoms with E-state index in [2.05, 4.69) is 32.2 Å². The predicted octanol–water partition coefficient (Wildman–Crippen LogP) is 3.06. The molecule has 1 amide bonds. The number of rotatable bonds is 6. The van der Waals surface area contributed by atoms with Crippen molar-refractivity contribution in [2.24, 2.45) is 5.92 Å².